The van der Waals surface area contributed by atoms with Crippen LogP contribution in [0, 0.1) is 5.92 Å². The van der Waals surface area contributed by atoms with E-state index in [0.717, 1.165) is 18.7 Å². The molecule has 2 rings (SSSR count). The molecule has 3 heteroatoms. The minimum absolute atomic E-state index is 0.0233. The van der Waals surface area contributed by atoms with Gasteiger partial charge in [0.25, 0.3) is 0 Å². The van der Waals surface area contributed by atoms with Crippen molar-refractivity contribution in [1.82, 2.24) is 0 Å². The van der Waals surface area contributed by atoms with Crippen LogP contribution in [-0.4, -0.2) is 19.0 Å². The highest BCUT2D eigenvalue weighted by atomic mass is 16.2. The lowest BCUT2D eigenvalue weighted by atomic mass is 10.1. The van der Waals surface area contributed by atoms with Crippen LogP contribution in [0.5, 0.6) is 0 Å². The van der Waals surface area contributed by atoms with E-state index in [-0.39, 0.29) is 11.8 Å². The normalized spacial score (nSPS) is 21.6. The van der Waals surface area contributed by atoms with Crippen molar-refractivity contribution in [2.24, 2.45) is 11.7 Å². The Morgan fingerprint density at radius 1 is 1.36 bits per heavy atom. The van der Waals surface area contributed by atoms with Crippen molar-refractivity contribution < 1.29 is 4.79 Å². The molecular weight excluding hydrogens is 176 g/mol. The van der Waals surface area contributed by atoms with Gasteiger partial charge in [0, 0.05) is 18.8 Å². The number of hydrogen-bond donors (Lipinski definition) is 1. The SMILES string of the molecule is NCC1CCN(c2ccccc2)C1=O. The van der Waals surface area contributed by atoms with Gasteiger partial charge in [-0.25, -0.2) is 0 Å². The lowest BCUT2D eigenvalue weighted by molar-refractivity contribution is -0.120. The molecule has 3 nitrogen and oxygen atoms in total. The molecule has 1 aromatic carbocycles. The number of anilines is 1. The topological polar surface area (TPSA) is 46.3 Å². The van der Waals surface area contributed by atoms with Gasteiger partial charge in [0.05, 0.1) is 5.92 Å². The van der Waals surface area contributed by atoms with Crippen molar-refractivity contribution >= 4 is 11.6 Å². The summed E-state index contributed by atoms with van der Waals surface area (Å²) in [5.74, 6) is 0.189. The van der Waals surface area contributed by atoms with Gasteiger partial charge in [0.15, 0.2) is 0 Å². The average molecular weight is 190 g/mol. The zero-order chi connectivity index (χ0) is 9.97. The lowest BCUT2D eigenvalue weighted by Gasteiger charge is -2.16. The molecule has 1 amide bonds. The zero-order valence-corrected chi connectivity index (χ0v) is 8.02. The van der Waals surface area contributed by atoms with Crippen molar-refractivity contribution in [3.8, 4) is 0 Å². The molecule has 0 spiro atoms. The fourth-order valence-corrected chi connectivity index (χ4v) is 1.82. The summed E-state index contributed by atoms with van der Waals surface area (Å²) in [6, 6.07) is 9.74. The van der Waals surface area contributed by atoms with Crippen LogP contribution in [0.15, 0.2) is 30.3 Å². The van der Waals surface area contributed by atoms with Crippen molar-refractivity contribution in [3.05, 3.63) is 30.3 Å². The van der Waals surface area contributed by atoms with E-state index in [4.69, 9.17) is 5.73 Å². The molecule has 14 heavy (non-hydrogen) atoms. The van der Waals surface area contributed by atoms with Crippen LogP contribution in [0.3, 0.4) is 0 Å². The lowest BCUT2D eigenvalue weighted by Crippen LogP contribution is -2.29. The summed E-state index contributed by atoms with van der Waals surface area (Å²) < 4.78 is 0. The highest BCUT2D eigenvalue weighted by Crippen LogP contribution is 2.23. The number of benzene rings is 1. The third kappa shape index (κ3) is 1.51. The molecule has 1 unspecified atom stereocenters. The fraction of sp³-hybridized carbons (Fsp3) is 0.364. The van der Waals surface area contributed by atoms with Gasteiger partial charge in [0.2, 0.25) is 5.91 Å². The van der Waals surface area contributed by atoms with Crippen LogP contribution in [-0.2, 0) is 4.79 Å². The Hall–Kier alpha value is -1.35. The number of rotatable bonds is 2. The Balaban J connectivity index is 2.18. The Labute approximate surface area is 83.5 Å². The van der Waals surface area contributed by atoms with Crippen LogP contribution < -0.4 is 10.6 Å². The molecule has 2 N–H and O–H groups in total. The molecule has 0 aromatic heterocycles. The standard InChI is InChI=1S/C11H14N2O/c12-8-9-6-7-13(11(9)14)10-4-2-1-3-5-10/h1-5,9H,6-8,12H2. The summed E-state index contributed by atoms with van der Waals surface area (Å²) in [7, 11) is 0. The molecule has 1 saturated heterocycles. The molecule has 1 fully saturated rings. The number of nitrogens with zero attached hydrogens (tertiary/aromatic N) is 1. The van der Waals surface area contributed by atoms with Gasteiger partial charge in [-0.2, -0.15) is 0 Å². The second-order valence-electron chi connectivity index (χ2n) is 3.55. The number of carbonyl (C=O) groups is 1. The van der Waals surface area contributed by atoms with Crippen molar-refractivity contribution in [2.75, 3.05) is 18.0 Å². The van der Waals surface area contributed by atoms with Gasteiger partial charge in [-0.15, -0.1) is 0 Å². The summed E-state index contributed by atoms with van der Waals surface area (Å²) in [6.45, 7) is 1.26. The molecule has 1 atom stereocenters. The monoisotopic (exact) mass is 190 g/mol. The zero-order valence-electron chi connectivity index (χ0n) is 8.02. The average Bonchev–Trinajstić information content (AvgIpc) is 2.61. The molecular formula is C11H14N2O. The second kappa shape index (κ2) is 3.80. The Morgan fingerprint density at radius 2 is 2.07 bits per heavy atom. The third-order valence-electron chi connectivity index (χ3n) is 2.67. The minimum Gasteiger partial charge on any atom is -0.330 e. The largest absolute Gasteiger partial charge is 0.330 e. The maximum atomic E-state index is 11.8. The molecule has 0 radical (unpaired) electrons. The van der Waals surface area contributed by atoms with Gasteiger partial charge in [0.1, 0.15) is 0 Å². The first-order chi connectivity index (χ1) is 6.83. The number of nitrogens with two attached hydrogens (primary N) is 1. The van der Waals surface area contributed by atoms with Crippen molar-refractivity contribution in [3.63, 3.8) is 0 Å². The first-order valence-corrected chi connectivity index (χ1v) is 4.89. The van der Waals surface area contributed by atoms with E-state index in [9.17, 15) is 4.79 Å². The summed E-state index contributed by atoms with van der Waals surface area (Å²) in [4.78, 5) is 13.6. The molecule has 0 saturated carbocycles. The number of amides is 1. The molecule has 1 heterocycles. The molecule has 0 aliphatic carbocycles. The van der Waals surface area contributed by atoms with Crippen LogP contribution in [0.4, 0.5) is 5.69 Å². The van der Waals surface area contributed by atoms with E-state index in [1.165, 1.54) is 0 Å². The van der Waals surface area contributed by atoms with E-state index >= 15 is 0 Å². The smallest absolute Gasteiger partial charge is 0.231 e. The minimum atomic E-state index is 0.0233. The maximum absolute atomic E-state index is 11.8. The summed E-state index contributed by atoms with van der Waals surface area (Å²) in [6.07, 6.45) is 0.879. The van der Waals surface area contributed by atoms with Crippen molar-refractivity contribution in [2.45, 2.75) is 6.42 Å². The number of carbonyl (C=O) groups excluding carboxylic acids is 1. The Kier molecular flexibility index (Phi) is 2.50. The molecule has 1 aliphatic rings. The first kappa shape index (κ1) is 9.21. The Bertz CT molecular complexity index is 323. The number of para-hydroxylation sites is 1. The third-order valence-corrected chi connectivity index (χ3v) is 2.67. The van der Waals surface area contributed by atoms with E-state index in [2.05, 4.69) is 0 Å². The Morgan fingerprint density at radius 3 is 2.64 bits per heavy atom. The van der Waals surface area contributed by atoms with Gasteiger partial charge >= 0.3 is 0 Å². The van der Waals surface area contributed by atoms with Gasteiger partial charge in [-0.3, -0.25) is 4.79 Å². The van der Waals surface area contributed by atoms with Gasteiger partial charge in [-0.1, -0.05) is 18.2 Å². The van der Waals surface area contributed by atoms with Crippen LogP contribution in [0.2, 0.25) is 0 Å². The van der Waals surface area contributed by atoms with Crippen LogP contribution in [0.25, 0.3) is 0 Å². The molecule has 1 aromatic rings. The highest BCUT2D eigenvalue weighted by molar-refractivity contribution is 5.97. The second-order valence-corrected chi connectivity index (χ2v) is 3.55. The predicted molar refractivity (Wildman–Crippen MR) is 56.0 cm³/mol. The van der Waals surface area contributed by atoms with Crippen LogP contribution >= 0.6 is 0 Å². The van der Waals surface area contributed by atoms with E-state index in [0.29, 0.717) is 6.54 Å². The first-order valence-electron chi connectivity index (χ1n) is 4.89. The fourth-order valence-electron chi connectivity index (χ4n) is 1.82. The maximum Gasteiger partial charge on any atom is 0.231 e. The quantitative estimate of drug-likeness (QED) is 0.756. The predicted octanol–water partition coefficient (Wildman–Crippen LogP) is 0.998. The highest BCUT2D eigenvalue weighted by Gasteiger charge is 2.30. The van der Waals surface area contributed by atoms with E-state index in [1.54, 1.807) is 0 Å². The number of hydrogen-bond acceptors (Lipinski definition) is 2. The molecule has 74 valence electrons. The summed E-state index contributed by atoms with van der Waals surface area (Å²) >= 11 is 0. The molecule has 0 bridgehead atoms. The van der Waals surface area contributed by atoms with Gasteiger partial charge in [-0.05, 0) is 18.6 Å². The van der Waals surface area contributed by atoms with E-state index in [1.807, 2.05) is 35.2 Å². The van der Waals surface area contributed by atoms with Crippen molar-refractivity contribution in [1.29, 1.82) is 0 Å². The molecule has 1 aliphatic heterocycles. The van der Waals surface area contributed by atoms with E-state index < -0.39 is 0 Å². The summed E-state index contributed by atoms with van der Waals surface area (Å²) in [5, 5.41) is 0. The van der Waals surface area contributed by atoms with Gasteiger partial charge < -0.3 is 10.6 Å². The van der Waals surface area contributed by atoms with Crippen LogP contribution in [0.1, 0.15) is 6.42 Å². The summed E-state index contributed by atoms with van der Waals surface area (Å²) in [5.41, 5.74) is 6.50.